The van der Waals surface area contributed by atoms with E-state index in [1.54, 1.807) is 0 Å². The molecule has 0 aliphatic heterocycles. The Labute approximate surface area is 317 Å². The molecule has 11 aromatic rings. The lowest BCUT2D eigenvalue weighted by molar-refractivity contribution is 0.668. The maximum absolute atomic E-state index is 6.83. The minimum absolute atomic E-state index is 0.847. The predicted molar refractivity (Wildman–Crippen MR) is 229 cm³/mol. The van der Waals surface area contributed by atoms with Gasteiger partial charge in [-0.3, -0.25) is 0 Å². The number of fused-ring (bicyclic) bond motifs is 7. The normalized spacial score (nSPS) is 11.6. The number of nitrogens with zero attached hydrogens (tertiary/aromatic N) is 1. The number of hydrogen-bond acceptors (Lipinski definition) is 3. The summed E-state index contributed by atoms with van der Waals surface area (Å²) in [5.74, 6) is 0. The summed E-state index contributed by atoms with van der Waals surface area (Å²) < 4.78 is 13.1. The van der Waals surface area contributed by atoms with E-state index in [9.17, 15) is 0 Å². The summed E-state index contributed by atoms with van der Waals surface area (Å²) in [7, 11) is 0. The molecule has 0 fully saturated rings. The van der Waals surface area contributed by atoms with Crippen LogP contribution < -0.4 is 4.90 Å². The molecule has 0 unspecified atom stereocenters. The minimum atomic E-state index is 0.847. The van der Waals surface area contributed by atoms with Crippen LogP contribution in [0, 0.1) is 0 Å². The molecular formula is C52H33NO2. The van der Waals surface area contributed by atoms with E-state index in [4.69, 9.17) is 8.83 Å². The van der Waals surface area contributed by atoms with Gasteiger partial charge in [0.2, 0.25) is 0 Å². The van der Waals surface area contributed by atoms with Gasteiger partial charge in [0.1, 0.15) is 16.7 Å². The van der Waals surface area contributed by atoms with Gasteiger partial charge in [0.25, 0.3) is 0 Å². The Morgan fingerprint density at radius 3 is 1.56 bits per heavy atom. The van der Waals surface area contributed by atoms with Gasteiger partial charge in [0, 0.05) is 32.9 Å². The van der Waals surface area contributed by atoms with Gasteiger partial charge in [-0.15, -0.1) is 0 Å². The topological polar surface area (TPSA) is 29.5 Å². The van der Waals surface area contributed by atoms with Crippen LogP contribution >= 0.6 is 0 Å². The summed E-state index contributed by atoms with van der Waals surface area (Å²) in [5.41, 5.74) is 13.5. The first-order chi connectivity index (χ1) is 27.3. The van der Waals surface area contributed by atoms with Crippen molar-refractivity contribution in [2.45, 2.75) is 0 Å². The van der Waals surface area contributed by atoms with Crippen LogP contribution in [0.3, 0.4) is 0 Å². The van der Waals surface area contributed by atoms with E-state index in [2.05, 4.69) is 187 Å². The number of para-hydroxylation sites is 2. The van der Waals surface area contributed by atoms with Gasteiger partial charge in [-0.1, -0.05) is 152 Å². The van der Waals surface area contributed by atoms with Crippen molar-refractivity contribution in [2.24, 2.45) is 0 Å². The van der Waals surface area contributed by atoms with Crippen LogP contribution in [0.25, 0.3) is 88.0 Å². The predicted octanol–water partition coefficient (Wildman–Crippen LogP) is 15.1. The lowest BCUT2D eigenvalue weighted by atomic mass is 9.97. The summed E-state index contributed by atoms with van der Waals surface area (Å²) in [6.45, 7) is 0. The number of hydrogen-bond donors (Lipinski definition) is 0. The smallest absolute Gasteiger partial charge is 0.160 e. The molecule has 0 saturated carbocycles. The summed E-state index contributed by atoms with van der Waals surface area (Å²) in [5, 5.41) is 6.93. The quantitative estimate of drug-likeness (QED) is 0.173. The van der Waals surface area contributed by atoms with E-state index in [1.165, 1.54) is 21.9 Å². The van der Waals surface area contributed by atoms with Crippen LogP contribution in [0.15, 0.2) is 209 Å². The largest absolute Gasteiger partial charge is 0.456 e. The Balaban J connectivity index is 1.10. The van der Waals surface area contributed by atoms with Crippen molar-refractivity contribution in [1.82, 2.24) is 0 Å². The average molecular weight is 704 g/mol. The first kappa shape index (κ1) is 31.2. The molecule has 2 heterocycles. The maximum atomic E-state index is 6.83. The minimum Gasteiger partial charge on any atom is -0.456 e. The van der Waals surface area contributed by atoms with Crippen molar-refractivity contribution in [1.29, 1.82) is 0 Å². The highest BCUT2D eigenvalue weighted by molar-refractivity contribution is 6.17. The van der Waals surface area contributed by atoms with E-state index in [-0.39, 0.29) is 0 Å². The number of benzene rings is 9. The van der Waals surface area contributed by atoms with Gasteiger partial charge < -0.3 is 13.7 Å². The molecule has 11 rings (SSSR count). The molecule has 258 valence electrons. The molecule has 3 nitrogen and oxygen atoms in total. The summed E-state index contributed by atoms with van der Waals surface area (Å²) in [4.78, 5) is 2.32. The molecule has 2 aromatic heterocycles. The third-order valence-electron chi connectivity index (χ3n) is 10.9. The number of furan rings is 2. The molecule has 0 spiro atoms. The molecule has 0 aliphatic carbocycles. The van der Waals surface area contributed by atoms with Crippen molar-refractivity contribution >= 4 is 71.7 Å². The molecule has 0 aliphatic rings. The van der Waals surface area contributed by atoms with Crippen LogP contribution in [0.4, 0.5) is 17.1 Å². The molecule has 55 heavy (non-hydrogen) atoms. The van der Waals surface area contributed by atoms with Crippen molar-refractivity contribution in [3.05, 3.63) is 200 Å². The maximum Gasteiger partial charge on any atom is 0.160 e. The zero-order valence-corrected chi connectivity index (χ0v) is 29.8. The Hall–Kier alpha value is -7.36. The second-order valence-electron chi connectivity index (χ2n) is 14.0. The Kier molecular flexibility index (Phi) is 7.17. The van der Waals surface area contributed by atoms with Gasteiger partial charge in [0.15, 0.2) is 5.58 Å². The second kappa shape index (κ2) is 12.6. The summed E-state index contributed by atoms with van der Waals surface area (Å²) >= 11 is 0. The van der Waals surface area contributed by atoms with E-state index >= 15 is 0 Å². The molecule has 0 radical (unpaired) electrons. The van der Waals surface area contributed by atoms with Crippen molar-refractivity contribution < 1.29 is 8.83 Å². The third-order valence-corrected chi connectivity index (χ3v) is 10.9. The molecule has 0 bridgehead atoms. The molecule has 9 aromatic carbocycles. The Morgan fingerprint density at radius 1 is 0.309 bits per heavy atom. The zero-order chi connectivity index (χ0) is 36.3. The molecule has 0 saturated heterocycles. The molecule has 0 N–H and O–H groups in total. The van der Waals surface area contributed by atoms with Crippen molar-refractivity contribution in [2.75, 3.05) is 4.90 Å². The van der Waals surface area contributed by atoms with Gasteiger partial charge in [-0.2, -0.15) is 0 Å². The summed E-state index contributed by atoms with van der Waals surface area (Å²) in [6, 6.07) is 70.8. The fraction of sp³-hybridized carbons (Fsp3) is 0. The Bertz CT molecular complexity index is 3180. The van der Waals surface area contributed by atoms with Gasteiger partial charge >= 0.3 is 0 Å². The summed E-state index contributed by atoms with van der Waals surface area (Å²) in [6.07, 6.45) is 0. The fourth-order valence-corrected chi connectivity index (χ4v) is 8.35. The standard InChI is InChI=1S/C52H33NO2/c1-2-12-35(13-3-1)43-32-33-46(52-51(43)45-18-7-9-22-48(45)55-52)53(38-28-24-36(25-29-38)41-19-10-15-34-14-4-5-16-40(34)41)39-30-26-37(27-31-39)42-20-11-23-49-50(42)44-17-6-8-21-47(44)54-49/h1-33H. The van der Waals surface area contributed by atoms with Crippen LogP contribution in [0.2, 0.25) is 0 Å². The lowest BCUT2D eigenvalue weighted by Gasteiger charge is -2.26. The van der Waals surface area contributed by atoms with Crippen molar-refractivity contribution in [3.8, 4) is 33.4 Å². The van der Waals surface area contributed by atoms with Gasteiger partial charge in [0.05, 0.1) is 5.69 Å². The first-order valence-electron chi connectivity index (χ1n) is 18.7. The van der Waals surface area contributed by atoms with E-state index < -0.39 is 0 Å². The Morgan fingerprint density at radius 2 is 0.818 bits per heavy atom. The molecular weight excluding hydrogens is 671 g/mol. The van der Waals surface area contributed by atoms with E-state index in [1.807, 2.05) is 18.2 Å². The van der Waals surface area contributed by atoms with Crippen LogP contribution in [0.1, 0.15) is 0 Å². The van der Waals surface area contributed by atoms with E-state index in [0.29, 0.717) is 0 Å². The van der Waals surface area contributed by atoms with Gasteiger partial charge in [-0.05, 0) is 92.7 Å². The highest BCUT2D eigenvalue weighted by Crippen LogP contribution is 2.47. The van der Waals surface area contributed by atoms with Crippen LogP contribution in [0.5, 0.6) is 0 Å². The molecule has 0 amide bonds. The molecule has 3 heteroatoms. The fourth-order valence-electron chi connectivity index (χ4n) is 8.35. The third kappa shape index (κ3) is 5.13. The monoisotopic (exact) mass is 703 g/mol. The zero-order valence-electron chi connectivity index (χ0n) is 29.8. The van der Waals surface area contributed by atoms with E-state index in [0.717, 1.165) is 83.2 Å². The number of anilines is 3. The molecule has 0 atom stereocenters. The van der Waals surface area contributed by atoms with Crippen LogP contribution in [-0.2, 0) is 0 Å². The lowest BCUT2D eigenvalue weighted by Crippen LogP contribution is -2.10. The van der Waals surface area contributed by atoms with Crippen LogP contribution in [-0.4, -0.2) is 0 Å². The second-order valence-corrected chi connectivity index (χ2v) is 14.0. The van der Waals surface area contributed by atoms with Crippen molar-refractivity contribution in [3.63, 3.8) is 0 Å². The first-order valence-corrected chi connectivity index (χ1v) is 18.7. The average Bonchev–Trinajstić information content (AvgIpc) is 3.84. The van der Waals surface area contributed by atoms with Gasteiger partial charge in [-0.25, -0.2) is 0 Å². The SMILES string of the molecule is c1ccc(-c2ccc(N(c3ccc(-c4cccc5ccccc45)cc3)c3ccc(-c4cccc5oc6ccccc6c45)cc3)c3oc4ccccc4c23)cc1. The highest BCUT2D eigenvalue weighted by Gasteiger charge is 2.23. The number of rotatable bonds is 6. The highest BCUT2D eigenvalue weighted by atomic mass is 16.3.